The molecule has 3 aromatic rings. The predicted molar refractivity (Wildman–Crippen MR) is 103 cm³/mol. The molecule has 3 rings (SSSR count). The maximum atomic E-state index is 12.1. The van der Waals surface area contributed by atoms with Gasteiger partial charge < -0.3 is 9.15 Å². The number of ether oxygens (including phenoxy) is 1. The third kappa shape index (κ3) is 5.10. The van der Waals surface area contributed by atoms with Gasteiger partial charge >= 0.3 is 6.01 Å². The van der Waals surface area contributed by atoms with E-state index in [0.29, 0.717) is 17.9 Å². The fourth-order valence-electron chi connectivity index (χ4n) is 2.23. The highest BCUT2D eigenvalue weighted by Crippen LogP contribution is 2.22. The van der Waals surface area contributed by atoms with Crippen LogP contribution < -0.4 is 10.1 Å². The third-order valence-corrected chi connectivity index (χ3v) is 4.70. The summed E-state index contributed by atoms with van der Waals surface area (Å²) in [6.45, 7) is 4.06. The number of amides is 1. The summed E-state index contributed by atoms with van der Waals surface area (Å²) in [4.78, 5) is 13.1. The fourth-order valence-corrected chi connectivity index (χ4v) is 3.08. The molecule has 2 heterocycles. The summed E-state index contributed by atoms with van der Waals surface area (Å²) in [5.74, 6) is 1.54. The van der Waals surface area contributed by atoms with E-state index in [4.69, 9.17) is 9.15 Å². The van der Waals surface area contributed by atoms with Crippen molar-refractivity contribution in [3.05, 3.63) is 36.5 Å². The van der Waals surface area contributed by atoms with E-state index in [1.165, 1.54) is 0 Å². The third-order valence-electron chi connectivity index (χ3n) is 3.69. The summed E-state index contributed by atoms with van der Waals surface area (Å²) in [5.41, 5.74) is 0.576. The van der Waals surface area contributed by atoms with Crippen molar-refractivity contribution in [1.29, 1.82) is 0 Å². The maximum Gasteiger partial charge on any atom is 0.322 e. The van der Waals surface area contributed by atoms with E-state index in [1.807, 2.05) is 44.3 Å². The van der Waals surface area contributed by atoms with Crippen LogP contribution in [-0.2, 0) is 4.79 Å². The van der Waals surface area contributed by atoms with Gasteiger partial charge in [-0.1, -0.05) is 5.10 Å². The Labute approximate surface area is 161 Å². The highest BCUT2D eigenvalue weighted by atomic mass is 32.2. The molecule has 0 aliphatic heterocycles. The monoisotopic (exact) mass is 387 g/mol. The van der Waals surface area contributed by atoms with Crippen molar-refractivity contribution in [2.45, 2.75) is 31.2 Å². The topological polar surface area (TPSA) is 95.1 Å². The minimum absolute atomic E-state index is 0.0727. The Morgan fingerprint density at radius 3 is 2.70 bits per heavy atom. The number of benzene rings is 1. The van der Waals surface area contributed by atoms with E-state index < -0.39 is 0 Å². The van der Waals surface area contributed by atoms with Crippen molar-refractivity contribution >= 4 is 23.7 Å². The molecule has 0 atom stereocenters. The Morgan fingerprint density at radius 1 is 1.26 bits per heavy atom. The molecule has 0 aliphatic rings. The number of anilines is 1. The molecule has 1 amide bonds. The highest BCUT2D eigenvalue weighted by Gasteiger charge is 2.14. The Bertz CT molecular complexity index is 889. The fraction of sp³-hybridized carbons (Fsp3) is 0.333. The average molecular weight is 387 g/mol. The van der Waals surface area contributed by atoms with E-state index in [-0.39, 0.29) is 23.9 Å². The molecule has 0 saturated carbocycles. The lowest BCUT2D eigenvalue weighted by Gasteiger charge is -2.03. The predicted octanol–water partition coefficient (Wildman–Crippen LogP) is 3.64. The lowest BCUT2D eigenvalue weighted by molar-refractivity contribution is -0.115. The smallest absolute Gasteiger partial charge is 0.322 e. The minimum atomic E-state index is -0.182. The van der Waals surface area contributed by atoms with Crippen LogP contribution in [0.15, 0.2) is 45.8 Å². The van der Waals surface area contributed by atoms with Crippen LogP contribution in [0.3, 0.4) is 0 Å². The number of hydrogen-bond donors (Lipinski definition) is 1. The Hall–Kier alpha value is -2.81. The van der Waals surface area contributed by atoms with Gasteiger partial charge in [-0.2, -0.15) is 5.10 Å². The summed E-state index contributed by atoms with van der Waals surface area (Å²) in [5, 5.41) is 14.8. The highest BCUT2D eigenvalue weighted by molar-refractivity contribution is 7.99. The van der Waals surface area contributed by atoms with Gasteiger partial charge in [-0.3, -0.25) is 14.8 Å². The second-order valence-corrected chi connectivity index (χ2v) is 7.18. The lowest BCUT2D eigenvalue weighted by Crippen LogP contribution is -2.12. The molecule has 1 N–H and O–H groups in total. The summed E-state index contributed by atoms with van der Waals surface area (Å²) in [6.07, 6.45) is 2.18. The van der Waals surface area contributed by atoms with Gasteiger partial charge in [0.25, 0.3) is 5.89 Å². The Kier molecular flexibility index (Phi) is 6.12. The van der Waals surface area contributed by atoms with Crippen molar-refractivity contribution in [1.82, 2.24) is 20.0 Å². The van der Waals surface area contributed by atoms with E-state index in [0.717, 1.165) is 10.6 Å². The molecule has 0 unspecified atom stereocenters. The van der Waals surface area contributed by atoms with E-state index >= 15 is 0 Å². The number of nitrogens with one attached hydrogen (secondary N) is 1. The summed E-state index contributed by atoms with van der Waals surface area (Å²) in [6, 6.07) is 9.81. The molecule has 0 bridgehead atoms. The van der Waals surface area contributed by atoms with Crippen molar-refractivity contribution < 1.29 is 13.9 Å². The molecule has 2 aromatic heterocycles. The number of carbonyl (C=O) groups excluding carboxylic acids is 1. The van der Waals surface area contributed by atoms with Gasteiger partial charge in [0.2, 0.25) is 5.91 Å². The second kappa shape index (κ2) is 8.72. The molecule has 0 aliphatic carbocycles. The van der Waals surface area contributed by atoms with Crippen LogP contribution in [-0.4, -0.2) is 38.7 Å². The first kappa shape index (κ1) is 19.0. The number of aromatic nitrogens is 4. The van der Waals surface area contributed by atoms with Gasteiger partial charge in [-0.05, 0) is 44.2 Å². The SMILES string of the molecule is COc1ccc(SCCC(=O)Nc2nnc(-c3ccn(C(C)C)n3)o2)cc1. The van der Waals surface area contributed by atoms with Gasteiger partial charge in [-0.25, -0.2) is 0 Å². The standard InChI is InChI=1S/C18H21N5O3S/c1-12(2)23-10-8-15(22-23)17-20-21-18(26-17)19-16(24)9-11-27-14-6-4-13(25-3)5-7-14/h4-8,10,12H,9,11H2,1-3H3,(H,19,21,24). The zero-order valence-electron chi connectivity index (χ0n) is 15.4. The summed E-state index contributed by atoms with van der Waals surface area (Å²) < 4.78 is 12.4. The first-order valence-corrected chi connectivity index (χ1v) is 9.49. The van der Waals surface area contributed by atoms with E-state index in [2.05, 4.69) is 20.6 Å². The molecule has 0 saturated heterocycles. The molecular formula is C18H21N5O3S. The first-order chi connectivity index (χ1) is 13.0. The van der Waals surface area contributed by atoms with Crippen molar-refractivity contribution in [2.24, 2.45) is 0 Å². The van der Waals surface area contributed by atoms with Gasteiger partial charge in [0.1, 0.15) is 11.4 Å². The van der Waals surface area contributed by atoms with Gasteiger partial charge in [0.15, 0.2) is 0 Å². The van der Waals surface area contributed by atoms with E-state index in [1.54, 1.807) is 29.6 Å². The molecular weight excluding hydrogens is 366 g/mol. The normalized spacial score (nSPS) is 11.0. The number of carbonyl (C=O) groups is 1. The zero-order valence-corrected chi connectivity index (χ0v) is 16.2. The number of rotatable bonds is 8. The molecule has 8 nitrogen and oxygen atoms in total. The van der Waals surface area contributed by atoms with Gasteiger partial charge in [0.05, 0.1) is 7.11 Å². The maximum absolute atomic E-state index is 12.1. The number of nitrogens with zero attached hydrogens (tertiary/aromatic N) is 4. The first-order valence-electron chi connectivity index (χ1n) is 8.51. The van der Waals surface area contributed by atoms with Crippen LogP contribution in [0.1, 0.15) is 26.3 Å². The molecule has 0 fully saturated rings. The second-order valence-electron chi connectivity index (χ2n) is 6.01. The van der Waals surface area contributed by atoms with Crippen LogP contribution in [0, 0.1) is 0 Å². The van der Waals surface area contributed by atoms with Crippen molar-refractivity contribution in [2.75, 3.05) is 18.2 Å². The van der Waals surface area contributed by atoms with E-state index in [9.17, 15) is 4.79 Å². The molecule has 0 radical (unpaired) electrons. The molecule has 27 heavy (non-hydrogen) atoms. The van der Waals surface area contributed by atoms with Gasteiger partial charge in [0, 0.05) is 29.3 Å². The van der Waals surface area contributed by atoms with Crippen LogP contribution >= 0.6 is 11.8 Å². The van der Waals surface area contributed by atoms with Crippen molar-refractivity contribution in [3.63, 3.8) is 0 Å². The van der Waals surface area contributed by atoms with Crippen LogP contribution in [0.4, 0.5) is 6.01 Å². The molecule has 9 heteroatoms. The van der Waals surface area contributed by atoms with Crippen LogP contribution in [0.25, 0.3) is 11.6 Å². The van der Waals surface area contributed by atoms with Crippen molar-refractivity contribution in [3.8, 4) is 17.3 Å². The Morgan fingerprint density at radius 2 is 2.04 bits per heavy atom. The number of hydrogen-bond acceptors (Lipinski definition) is 7. The average Bonchev–Trinajstić information content (AvgIpc) is 3.31. The van der Waals surface area contributed by atoms with Crippen LogP contribution in [0.5, 0.6) is 5.75 Å². The largest absolute Gasteiger partial charge is 0.497 e. The van der Waals surface area contributed by atoms with Gasteiger partial charge in [-0.15, -0.1) is 16.9 Å². The number of thioether (sulfide) groups is 1. The minimum Gasteiger partial charge on any atom is -0.497 e. The Balaban J connectivity index is 1.48. The quantitative estimate of drug-likeness (QED) is 0.590. The zero-order chi connectivity index (χ0) is 19.2. The summed E-state index contributed by atoms with van der Waals surface area (Å²) in [7, 11) is 1.63. The molecule has 0 spiro atoms. The lowest BCUT2D eigenvalue weighted by atomic mass is 10.3. The molecule has 1 aromatic carbocycles. The summed E-state index contributed by atoms with van der Waals surface area (Å²) >= 11 is 1.59. The molecule has 142 valence electrons. The number of methoxy groups -OCH3 is 1. The van der Waals surface area contributed by atoms with Crippen LogP contribution in [0.2, 0.25) is 0 Å².